The average Bonchev–Trinajstić information content (AvgIpc) is 3.24. The first kappa shape index (κ1) is 21.4. The topological polar surface area (TPSA) is 93.8 Å². The zero-order chi connectivity index (χ0) is 24.3. The molecule has 1 N–H and O–H groups in total. The third-order valence-corrected chi connectivity index (χ3v) is 7.09. The van der Waals surface area contributed by atoms with Crippen molar-refractivity contribution in [1.82, 2.24) is 9.55 Å². The van der Waals surface area contributed by atoms with Crippen molar-refractivity contribution in [2.45, 2.75) is 39.0 Å². The second kappa shape index (κ2) is 7.71. The lowest BCUT2D eigenvalue weighted by molar-refractivity contribution is -0.172. The van der Waals surface area contributed by atoms with Gasteiger partial charge in [0, 0.05) is 28.3 Å². The predicted octanol–water partition coefficient (Wildman–Crippen LogP) is 4.14. The van der Waals surface area contributed by atoms with Gasteiger partial charge in [-0.25, -0.2) is 9.78 Å². The number of cyclic esters (lactones) is 1. The molecule has 1 atom stereocenters. The van der Waals surface area contributed by atoms with Gasteiger partial charge in [0.25, 0.3) is 5.56 Å². The van der Waals surface area contributed by atoms with Gasteiger partial charge in [0.1, 0.15) is 6.61 Å². The van der Waals surface area contributed by atoms with Crippen LogP contribution in [0.25, 0.3) is 22.3 Å². The van der Waals surface area contributed by atoms with Crippen LogP contribution in [0.3, 0.4) is 0 Å². The van der Waals surface area contributed by atoms with Crippen LogP contribution in [0.15, 0.2) is 64.4 Å². The van der Waals surface area contributed by atoms with Gasteiger partial charge < -0.3 is 14.4 Å². The number of aryl methyl sites for hydroxylation is 1. The maximum atomic E-state index is 13.5. The molecule has 0 saturated carbocycles. The molecule has 0 fully saturated rings. The van der Waals surface area contributed by atoms with Crippen molar-refractivity contribution in [2.24, 2.45) is 4.99 Å². The van der Waals surface area contributed by atoms with E-state index in [1.165, 1.54) is 0 Å². The number of fused-ring (bicyclic) bond motifs is 5. The van der Waals surface area contributed by atoms with Crippen molar-refractivity contribution >= 4 is 28.8 Å². The van der Waals surface area contributed by atoms with Crippen LogP contribution >= 0.6 is 0 Å². The number of pyridine rings is 2. The molecule has 0 radical (unpaired) electrons. The van der Waals surface area contributed by atoms with E-state index in [4.69, 9.17) is 14.7 Å². The molecular formula is C28H23N3O4. The average molecular weight is 466 g/mol. The summed E-state index contributed by atoms with van der Waals surface area (Å²) in [5.41, 5.74) is 4.23. The maximum Gasteiger partial charge on any atom is 0.343 e. The zero-order valence-electron chi connectivity index (χ0n) is 19.4. The molecule has 0 spiro atoms. The minimum atomic E-state index is -1.85. The molecule has 2 aromatic heterocycles. The second-order valence-electron chi connectivity index (χ2n) is 9.02. The van der Waals surface area contributed by atoms with Gasteiger partial charge in [-0.2, -0.15) is 0 Å². The normalized spacial score (nSPS) is 18.4. The Balaban J connectivity index is 1.60. The van der Waals surface area contributed by atoms with E-state index >= 15 is 0 Å². The summed E-state index contributed by atoms with van der Waals surface area (Å²) in [4.78, 5) is 35.6. The Labute approximate surface area is 201 Å². The Morgan fingerprint density at radius 3 is 2.71 bits per heavy atom. The fourth-order valence-electron chi connectivity index (χ4n) is 5.05. The number of nitrogens with zero attached hydrogens (tertiary/aromatic N) is 3. The number of carbonyl (C=O) groups is 1. The minimum absolute atomic E-state index is 0.105. The van der Waals surface area contributed by atoms with Crippen LogP contribution < -0.4 is 5.56 Å². The van der Waals surface area contributed by atoms with E-state index in [2.05, 4.69) is 0 Å². The molecule has 2 aliphatic heterocycles. The third kappa shape index (κ3) is 3.08. The quantitative estimate of drug-likeness (QED) is 0.319. The summed E-state index contributed by atoms with van der Waals surface area (Å²) in [5, 5.41) is 12.0. The number of benzene rings is 2. The van der Waals surface area contributed by atoms with Crippen LogP contribution in [-0.2, 0) is 28.3 Å². The van der Waals surface area contributed by atoms with Gasteiger partial charge in [0.15, 0.2) is 5.60 Å². The molecule has 2 aliphatic rings. The Hall–Kier alpha value is -4.10. The molecule has 4 aromatic rings. The Kier molecular flexibility index (Phi) is 4.72. The monoisotopic (exact) mass is 465 g/mol. The van der Waals surface area contributed by atoms with Crippen LogP contribution in [0.5, 0.6) is 0 Å². The Morgan fingerprint density at radius 1 is 1.14 bits per heavy atom. The number of esters is 1. The minimum Gasteiger partial charge on any atom is -0.458 e. The number of hydrogen-bond donors (Lipinski definition) is 1. The Bertz CT molecular complexity index is 1640. The number of hydrogen-bond acceptors (Lipinski definition) is 6. The number of aliphatic hydroxyl groups is 1. The van der Waals surface area contributed by atoms with E-state index in [9.17, 15) is 14.7 Å². The van der Waals surface area contributed by atoms with Crippen molar-refractivity contribution in [3.05, 3.63) is 92.8 Å². The first-order valence-electron chi connectivity index (χ1n) is 11.6. The first-order chi connectivity index (χ1) is 16.9. The molecule has 35 heavy (non-hydrogen) atoms. The van der Waals surface area contributed by atoms with E-state index in [1.54, 1.807) is 17.6 Å². The summed E-state index contributed by atoms with van der Waals surface area (Å²) in [6, 6.07) is 17.4. The SMILES string of the molecule is CC[C@@]1(O)C(=O)OCc2c1cc1n(c2=O)Cc2c-1nc1ccccc1c2C=Nc1ccccc1C. The lowest BCUT2D eigenvalue weighted by atomic mass is 9.86. The molecule has 0 amide bonds. The molecule has 6 rings (SSSR count). The van der Waals surface area contributed by atoms with Gasteiger partial charge in [0.05, 0.1) is 34.7 Å². The first-order valence-corrected chi connectivity index (χ1v) is 11.6. The van der Waals surface area contributed by atoms with Crippen molar-refractivity contribution < 1.29 is 14.6 Å². The van der Waals surface area contributed by atoms with Crippen molar-refractivity contribution in [3.8, 4) is 11.4 Å². The van der Waals surface area contributed by atoms with Crippen molar-refractivity contribution in [1.29, 1.82) is 0 Å². The predicted molar refractivity (Wildman–Crippen MR) is 133 cm³/mol. The van der Waals surface area contributed by atoms with Gasteiger partial charge in [-0.3, -0.25) is 9.79 Å². The Morgan fingerprint density at radius 2 is 1.91 bits per heavy atom. The highest BCUT2D eigenvalue weighted by atomic mass is 16.6. The highest BCUT2D eigenvalue weighted by Crippen LogP contribution is 2.40. The molecule has 2 aromatic carbocycles. The second-order valence-corrected chi connectivity index (χ2v) is 9.02. The summed E-state index contributed by atoms with van der Waals surface area (Å²) in [7, 11) is 0. The number of rotatable bonds is 3. The molecular weight excluding hydrogens is 442 g/mol. The standard InChI is InChI=1S/C28H23N3O4/c1-3-28(34)21-12-24-25-19(14-31(24)26(32)20(21)15-35-27(28)33)18(17-9-5-7-11-23(17)30-25)13-29-22-10-6-4-8-16(22)2/h4-13,34H,3,14-15H2,1-2H3/t28-/m0/s1. The molecule has 7 heteroatoms. The fourth-order valence-corrected chi connectivity index (χ4v) is 5.05. The van der Waals surface area contributed by atoms with Gasteiger partial charge in [-0.15, -0.1) is 0 Å². The maximum absolute atomic E-state index is 13.5. The highest BCUT2D eigenvalue weighted by Gasteiger charge is 2.45. The largest absolute Gasteiger partial charge is 0.458 e. The number of aromatic nitrogens is 2. The van der Waals surface area contributed by atoms with Crippen LogP contribution in [0.1, 0.15) is 41.2 Å². The molecule has 0 saturated heterocycles. The summed E-state index contributed by atoms with van der Waals surface area (Å²) in [6.45, 7) is 3.88. The van der Waals surface area contributed by atoms with Crippen LogP contribution in [0, 0.1) is 6.92 Å². The smallest absolute Gasteiger partial charge is 0.343 e. The van der Waals surface area contributed by atoms with Crippen molar-refractivity contribution in [3.63, 3.8) is 0 Å². The van der Waals surface area contributed by atoms with Crippen LogP contribution in [0.2, 0.25) is 0 Å². The van der Waals surface area contributed by atoms with E-state index in [0.29, 0.717) is 29.1 Å². The highest BCUT2D eigenvalue weighted by molar-refractivity contribution is 6.03. The molecule has 0 aliphatic carbocycles. The van der Waals surface area contributed by atoms with E-state index in [1.807, 2.05) is 61.7 Å². The van der Waals surface area contributed by atoms with Crippen LogP contribution in [0.4, 0.5) is 5.69 Å². The lowest BCUT2D eigenvalue weighted by Crippen LogP contribution is -2.44. The van der Waals surface area contributed by atoms with E-state index in [-0.39, 0.29) is 18.6 Å². The lowest BCUT2D eigenvalue weighted by Gasteiger charge is -2.31. The molecule has 7 nitrogen and oxygen atoms in total. The zero-order valence-corrected chi connectivity index (χ0v) is 19.4. The van der Waals surface area contributed by atoms with E-state index in [0.717, 1.165) is 33.3 Å². The summed E-state index contributed by atoms with van der Waals surface area (Å²) < 4.78 is 6.82. The van der Waals surface area contributed by atoms with Gasteiger partial charge in [-0.05, 0) is 37.1 Å². The number of para-hydroxylation sites is 2. The molecule has 0 bridgehead atoms. The summed E-state index contributed by atoms with van der Waals surface area (Å²) in [5.74, 6) is -0.729. The van der Waals surface area contributed by atoms with Crippen LogP contribution in [-0.4, -0.2) is 26.8 Å². The van der Waals surface area contributed by atoms with E-state index < -0.39 is 11.6 Å². The summed E-state index contributed by atoms with van der Waals surface area (Å²) >= 11 is 0. The van der Waals surface area contributed by atoms with Gasteiger partial charge >= 0.3 is 5.97 Å². The number of ether oxygens (including phenoxy) is 1. The molecule has 0 unspecified atom stereocenters. The third-order valence-electron chi connectivity index (χ3n) is 7.09. The van der Waals surface area contributed by atoms with Gasteiger partial charge in [-0.1, -0.05) is 43.3 Å². The van der Waals surface area contributed by atoms with Crippen molar-refractivity contribution in [2.75, 3.05) is 0 Å². The summed E-state index contributed by atoms with van der Waals surface area (Å²) in [6.07, 6.45) is 1.95. The fraction of sp³-hybridized carbons (Fsp3) is 0.214. The number of aliphatic imine (C=N–C) groups is 1. The van der Waals surface area contributed by atoms with Gasteiger partial charge in [0.2, 0.25) is 0 Å². The number of carbonyl (C=O) groups excluding carboxylic acids is 1. The molecule has 4 heterocycles. The molecule has 174 valence electrons.